The highest BCUT2D eigenvalue weighted by molar-refractivity contribution is 7.86. The van der Waals surface area contributed by atoms with Gasteiger partial charge in [-0.15, -0.1) is 0 Å². The normalized spacial score (nSPS) is 21.4. The summed E-state index contributed by atoms with van der Waals surface area (Å²) in [5.74, 6) is 0.684. The molecule has 0 saturated carbocycles. The number of amides is 1. The van der Waals surface area contributed by atoms with Crippen LogP contribution in [0.4, 0.5) is 4.79 Å². The maximum absolute atomic E-state index is 13.5. The molecule has 1 aliphatic heterocycles. The average molecular weight is 516 g/mol. The first-order chi connectivity index (χ1) is 16.0. The summed E-state index contributed by atoms with van der Waals surface area (Å²) in [4.78, 5) is 13.6. The van der Waals surface area contributed by atoms with Crippen molar-refractivity contribution in [2.24, 2.45) is 0 Å². The van der Waals surface area contributed by atoms with Crippen LogP contribution in [0.2, 0.25) is 18.1 Å². The Labute approximate surface area is 205 Å². The van der Waals surface area contributed by atoms with Crippen LogP contribution in [0.1, 0.15) is 39.7 Å². The van der Waals surface area contributed by atoms with E-state index in [1.807, 2.05) is 19.1 Å². The SMILES string of the molecule is CC[Si](CC)(CC)OC[C@H]1[C@@H](N(Cc2ccc(OC)cc2)S(=O)(=O)N(C)C)C[C@@H](C)N1C(=O)O. The Bertz CT molecular complexity index is 900. The summed E-state index contributed by atoms with van der Waals surface area (Å²) < 4.78 is 41.3. The third-order valence-corrected chi connectivity index (χ3v) is 13.8. The van der Waals surface area contributed by atoms with E-state index < -0.39 is 36.7 Å². The molecule has 2 rings (SSSR count). The van der Waals surface area contributed by atoms with Crippen LogP contribution >= 0.6 is 0 Å². The van der Waals surface area contributed by atoms with Crippen LogP contribution in [-0.2, 0) is 21.2 Å². The van der Waals surface area contributed by atoms with Crippen LogP contribution in [0.25, 0.3) is 0 Å². The molecule has 1 amide bonds. The van der Waals surface area contributed by atoms with E-state index in [1.54, 1.807) is 19.2 Å². The molecule has 1 saturated heterocycles. The van der Waals surface area contributed by atoms with Crippen molar-refractivity contribution in [2.45, 2.75) is 76.9 Å². The lowest BCUT2D eigenvalue weighted by Gasteiger charge is -2.37. The number of methoxy groups -OCH3 is 1. The van der Waals surface area contributed by atoms with Crippen molar-refractivity contribution in [2.75, 3.05) is 27.8 Å². The number of nitrogens with zero attached hydrogens (tertiary/aromatic N) is 3. The van der Waals surface area contributed by atoms with Crippen molar-refractivity contribution >= 4 is 24.6 Å². The lowest BCUT2D eigenvalue weighted by molar-refractivity contribution is 0.0919. The minimum atomic E-state index is -3.84. The Morgan fingerprint density at radius 3 is 2.15 bits per heavy atom. The molecule has 11 heteroatoms. The highest BCUT2D eigenvalue weighted by atomic mass is 32.2. The topological polar surface area (TPSA) is 99.6 Å². The van der Waals surface area contributed by atoms with Gasteiger partial charge in [0.05, 0.1) is 25.8 Å². The Kier molecular flexibility index (Phi) is 9.96. The van der Waals surface area contributed by atoms with E-state index in [9.17, 15) is 18.3 Å². The van der Waals surface area contributed by atoms with E-state index in [4.69, 9.17) is 9.16 Å². The Balaban J connectivity index is 2.48. The average Bonchev–Trinajstić information content (AvgIpc) is 3.14. The third-order valence-electron chi connectivity index (χ3n) is 7.20. The van der Waals surface area contributed by atoms with Crippen LogP contribution < -0.4 is 4.74 Å². The van der Waals surface area contributed by atoms with Crippen LogP contribution in [0.5, 0.6) is 5.75 Å². The standard InChI is InChI=1S/C23H41N3O6SSi/c1-8-34(9-2,10-3)32-17-22-21(15-18(4)26(22)23(27)28)25(33(29,30)24(5)6)16-19-11-13-20(31-7)14-12-19/h11-14,18,21-22H,8-10,15-17H2,1-7H3,(H,27,28)/t18-,21+,22+/m1/s1. The maximum Gasteiger partial charge on any atom is 0.407 e. The van der Waals surface area contributed by atoms with E-state index in [-0.39, 0.29) is 19.2 Å². The summed E-state index contributed by atoms with van der Waals surface area (Å²) >= 11 is 0. The third kappa shape index (κ3) is 6.12. The zero-order valence-corrected chi connectivity index (χ0v) is 23.3. The first-order valence-electron chi connectivity index (χ1n) is 11.9. The largest absolute Gasteiger partial charge is 0.497 e. The molecule has 0 bridgehead atoms. The van der Waals surface area contributed by atoms with Gasteiger partial charge >= 0.3 is 6.09 Å². The highest BCUT2D eigenvalue weighted by Crippen LogP contribution is 2.34. The highest BCUT2D eigenvalue weighted by Gasteiger charge is 2.49. The quantitative estimate of drug-likeness (QED) is 0.425. The first-order valence-corrected chi connectivity index (χ1v) is 15.9. The summed E-state index contributed by atoms with van der Waals surface area (Å²) in [6.45, 7) is 8.52. The van der Waals surface area contributed by atoms with Crippen molar-refractivity contribution in [3.05, 3.63) is 29.8 Å². The summed E-state index contributed by atoms with van der Waals surface area (Å²) in [5.41, 5.74) is 0.798. The van der Waals surface area contributed by atoms with Gasteiger partial charge in [0.25, 0.3) is 10.2 Å². The fourth-order valence-corrected chi connectivity index (χ4v) is 8.71. The molecule has 34 heavy (non-hydrogen) atoms. The fourth-order valence-electron chi connectivity index (χ4n) is 4.77. The molecule has 1 heterocycles. The van der Waals surface area contributed by atoms with Gasteiger partial charge in [-0.1, -0.05) is 32.9 Å². The molecule has 0 aromatic heterocycles. The first kappa shape index (κ1) is 28.6. The fraction of sp³-hybridized carbons (Fsp3) is 0.696. The smallest absolute Gasteiger partial charge is 0.407 e. The van der Waals surface area contributed by atoms with Crippen molar-refractivity contribution in [1.82, 2.24) is 13.5 Å². The number of hydrogen-bond acceptors (Lipinski definition) is 5. The van der Waals surface area contributed by atoms with Crippen molar-refractivity contribution in [1.29, 1.82) is 0 Å². The molecule has 1 aliphatic rings. The predicted octanol–water partition coefficient (Wildman–Crippen LogP) is 3.83. The molecule has 0 spiro atoms. The van der Waals surface area contributed by atoms with Gasteiger partial charge in [0.15, 0.2) is 8.32 Å². The molecule has 3 atom stereocenters. The predicted molar refractivity (Wildman–Crippen MR) is 136 cm³/mol. The molecule has 1 aromatic carbocycles. The Morgan fingerprint density at radius 2 is 1.71 bits per heavy atom. The van der Waals surface area contributed by atoms with Gasteiger partial charge in [-0.3, -0.25) is 4.90 Å². The summed E-state index contributed by atoms with van der Waals surface area (Å²) in [7, 11) is -1.27. The van der Waals surface area contributed by atoms with Crippen molar-refractivity contribution in [3.63, 3.8) is 0 Å². The number of carbonyl (C=O) groups is 1. The summed E-state index contributed by atoms with van der Waals surface area (Å²) in [6.07, 6.45) is -0.644. The van der Waals surface area contributed by atoms with Crippen LogP contribution in [-0.4, -0.2) is 87.4 Å². The van der Waals surface area contributed by atoms with E-state index in [1.165, 1.54) is 27.6 Å². The number of hydrogen-bond donors (Lipinski definition) is 1. The second-order valence-corrected chi connectivity index (χ2v) is 16.0. The molecular formula is C23H41N3O6SSi. The summed E-state index contributed by atoms with van der Waals surface area (Å²) in [5, 5.41) is 10.0. The Hall–Kier alpha value is -1.66. The minimum absolute atomic E-state index is 0.129. The number of likely N-dealkylation sites (tertiary alicyclic amines) is 1. The molecule has 0 radical (unpaired) electrons. The van der Waals surface area contributed by atoms with E-state index in [0.29, 0.717) is 12.2 Å². The van der Waals surface area contributed by atoms with Crippen LogP contribution in [0.3, 0.4) is 0 Å². The number of carboxylic acid groups (broad SMARTS) is 1. The maximum atomic E-state index is 13.5. The van der Waals surface area contributed by atoms with E-state index in [0.717, 1.165) is 23.7 Å². The Morgan fingerprint density at radius 1 is 1.15 bits per heavy atom. The van der Waals surface area contributed by atoms with Crippen LogP contribution in [0, 0.1) is 0 Å². The van der Waals surface area contributed by atoms with Gasteiger partial charge in [0, 0.05) is 26.7 Å². The van der Waals surface area contributed by atoms with Gasteiger partial charge in [-0.05, 0) is 49.2 Å². The number of benzene rings is 1. The van der Waals surface area contributed by atoms with Crippen molar-refractivity contribution in [3.8, 4) is 5.75 Å². The second-order valence-electron chi connectivity index (χ2n) is 9.15. The second kappa shape index (κ2) is 11.8. The lowest BCUT2D eigenvalue weighted by atomic mass is 10.1. The molecule has 0 aliphatic carbocycles. The number of ether oxygens (including phenoxy) is 1. The lowest BCUT2D eigenvalue weighted by Crippen LogP contribution is -2.54. The molecular weight excluding hydrogens is 474 g/mol. The summed E-state index contributed by atoms with van der Waals surface area (Å²) in [6, 6.07) is 8.60. The molecule has 1 N–H and O–H groups in total. The van der Waals surface area contributed by atoms with Gasteiger partial charge in [0.1, 0.15) is 5.75 Å². The number of rotatable bonds is 12. The van der Waals surface area contributed by atoms with Crippen molar-refractivity contribution < 1.29 is 27.5 Å². The zero-order valence-electron chi connectivity index (χ0n) is 21.5. The molecule has 1 aromatic rings. The van der Waals surface area contributed by atoms with Gasteiger partial charge in [-0.2, -0.15) is 17.0 Å². The molecule has 0 unspecified atom stereocenters. The molecule has 194 valence electrons. The molecule has 1 fully saturated rings. The van der Waals surface area contributed by atoms with E-state index in [2.05, 4.69) is 20.8 Å². The monoisotopic (exact) mass is 515 g/mol. The van der Waals surface area contributed by atoms with Gasteiger partial charge < -0.3 is 14.3 Å². The van der Waals surface area contributed by atoms with E-state index >= 15 is 0 Å². The van der Waals surface area contributed by atoms with Gasteiger partial charge in [-0.25, -0.2) is 4.79 Å². The van der Waals surface area contributed by atoms with Gasteiger partial charge in [0.2, 0.25) is 0 Å². The zero-order chi connectivity index (χ0) is 25.7. The molecule has 9 nitrogen and oxygen atoms in total. The van der Waals surface area contributed by atoms with Crippen LogP contribution in [0.15, 0.2) is 24.3 Å². The minimum Gasteiger partial charge on any atom is -0.497 e.